The van der Waals surface area contributed by atoms with Gasteiger partial charge in [0.05, 0.1) is 17.8 Å². The average Bonchev–Trinajstić information content (AvgIpc) is 3.18. The van der Waals surface area contributed by atoms with Gasteiger partial charge in [0, 0.05) is 19.5 Å². The molecule has 1 heterocycles. The lowest BCUT2D eigenvalue weighted by Gasteiger charge is -2.33. The number of carbonyl (C=O) groups is 1. The average molecular weight is 472 g/mol. The summed E-state index contributed by atoms with van der Waals surface area (Å²) in [7, 11) is 3.84. The number of likely N-dealkylation sites (N-methyl/N-ethyl adjacent to an activating group) is 2. The molecule has 35 heavy (non-hydrogen) atoms. The van der Waals surface area contributed by atoms with Gasteiger partial charge in [-0.15, -0.1) is 0 Å². The van der Waals surface area contributed by atoms with E-state index in [9.17, 15) is 9.90 Å². The minimum absolute atomic E-state index is 0.0603. The maximum Gasteiger partial charge on any atom is 0.267 e. The van der Waals surface area contributed by atoms with E-state index in [0.29, 0.717) is 12.2 Å². The van der Waals surface area contributed by atoms with Gasteiger partial charge in [-0.2, -0.15) is 0 Å². The molecule has 2 aliphatic rings. The molecule has 0 radical (unpaired) electrons. The lowest BCUT2D eigenvalue weighted by Crippen LogP contribution is -2.46. The number of benzene rings is 2. The van der Waals surface area contributed by atoms with Crippen LogP contribution < -0.4 is 5.32 Å². The first-order chi connectivity index (χ1) is 16.6. The van der Waals surface area contributed by atoms with Crippen LogP contribution in [0.4, 0.5) is 0 Å². The van der Waals surface area contributed by atoms with Gasteiger partial charge in [0.1, 0.15) is 6.23 Å². The zero-order valence-electron chi connectivity index (χ0n) is 21.3. The summed E-state index contributed by atoms with van der Waals surface area (Å²) in [5.41, 5.74) is 3.94. The van der Waals surface area contributed by atoms with Crippen LogP contribution in [0.3, 0.4) is 0 Å². The van der Waals surface area contributed by atoms with E-state index in [1.165, 1.54) is 5.57 Å². The highest BCUT2D eigenvalue weighted by Gasteiger charge is 2.37. The van der Waals surface area contributed by atoms with Gasteiger partial charge in [-0.05, 0) is 35.2 Å². The minimum atomic E-state index is -0.900. The second kappa shape index (κ2) is 10.2. The van der Waals surface area contributed by atoms with E-state index in [2.05, 4.69) is 50.4 Å². The van der Waals surface area contributed by atoms with Crippen molar-refractivity contribution in [3.63, 3.8) is 0 Å². The monoisotopic (exact) mass is 471 g/mol. The third-order valence-electron chi connectivity index (χ3n) is 6.99. The number of carbonyl (C=O) groups excluding carboxylic acids is 1. The van der Waals surface area contributed by atoms with Crippen LogP contribution in [0.2, 0.25) is 0 Å². The Morgan fingerprint density at radius 2 is 1.69 bits per heavy atom. The molecule has 4 atom stereocenters. The maximum atomic E-state index is 13.6. The highest BCUT2D eigenvalue weighted by Crippen LogP contribution is 2.37. The number of aliphatic hydroxyl groups is 1. The van der Waals surface area contributed by atoms with Crippen molar-refractivity contribution in [1.82, 2.24) is 15.1 Å². The van der Waals surface area contributed by atoms with Gasteiger partial charge in [0.15, 0.2) is 0 Å². The smallest absolute Gasteiger partial charge is 0.267 e. The fraction of sp³-hybridized carbons (Fsp3) is 0.367. The molecule has 0 saturated carbocycles. The van der Waals surface area contributed by atoms with Gasteiger partial charge in [-0.25, -0.2) is 0 Å². The summed E-state index contributed by atoms with van der Waals surface area (Å²) in [4.78, 5) is 17.4. The maximum absolute atomic E-state index is 13.6. The van der Waals surface area contributed by atoms with Crippen molar-refractivity contribution in [2.24, 2.45) is 11.3 Å². The Morgan fingerprint density at radius 3 is 2.31 bits per heavy atom. The molecule has 2 aromatic carbocycles. The van der Waals surface area contributed by atoms with Gasteiger partial charge in [-0.1, -0.05) is 99.7 Å². The van der Waals surface area contributed by atoms with Gasteiger partial charge >= 0.3 is 0 Å². The molecule has 0 aromatic heterocycles. The predicted octanol–water partition coefficient (Wildman–Crippen LogP) is 4.65. The Labute approximate surface area is 209 Å². The lowest BCUT2D eigenvalue weighted by molar-refractivity contribution is -0.122. The number of hydrogen-bond acceptors (Lipinski definition) is 4. The summed E-state index contributed by atoms with van der Waals surface area (Å²) in [6.45, 7) is 7.19. The summed E-state index contributed by atoms with van der Waals surface area (Å²) in [5, 5.41) is 14.5. The quantitative estimate of drug-likeness (QED) is 0.577. The van der Waals surface area contributed by atoms with E-state index < -0.39 is 12.3 Å². The van der Waals surface area contributed by atoms with Crippen molar-refractivity contribution in [3.8, 4) is 0 Å². The molecule has 5 heteroatoms. The fourth-order valence-electron chi connectivity index (χ4n) is 4.85. The molecule has 2 aromatic rings. The van der Waals surface area contributed by atoms with E-state index in [4.69, 9.17) is 0 Å². The molecule has 4 rings (SSSR count). The number of hydrogen-bond donors (Lipinski definition) is 2. The molecule has 0 fully saturated rings. The Bertz CT molecular complexity index is 1120. The Hall–Kier alpha value is -3.15. The van der Waals surface area contributed by atoms with Gasteiger partial charge < -0.3 is 15.3 Å². The molecule has 1 amide bonds. The Morgan fingerprint density at radius 1 is 1.06 bits per heavy atom. The number of nitrogens with zero attached hydrogens (tertiary/aromatic N) is 2. The molecule has 184 valence electrons. The third kappa shape index (κ3) is 5.58. The van der Waals surface area contributed by atoms with Crippen molar-refractivity contribution in [3.05, 3.63) is 107 Å². The second-order valence-electron chi connectivity index (χ2n) is 10.6. The normalized spacial score (nSPS) is 21.3. The van der Waals surface area contributed by atoms with Crippen LogP contribution in [0.5, 0.6) is 0 Å². The summed E-state index contributed by atoms with van der Waals surface area (Å²) in [6, 6.07) is 19.2. The highest BCUT2D eigenvalue weighted by molar-refractivity contribution is 5.94. The van der Waals surface area contributed by atoms with Crippen LogP contribution in [-0.2, 0) is 11.3 Å². The molecule has 0 bridgehead atoms. The summed E-state index contributed by atoms with van der Waals surface area (Å²) < 4.78 is 0. The first kappa shape index (κ1) is 25.0. The van der Waals surface area contributed by atoms with Crippen molar-refractivity contribution in [2.45, 2.75) is 45.6 Å². The number of amides is 1. The highest BCUT2D eigenvalue weighted by atomic mass is 16.3. The van der Waals surface area contributed by atoms with E-state index >= 15 is 0 Å². The van der Waals surface area contributed by atoms with Crippen LogP contribution in [-0.4, -0.2) is 47.2 Å². The summed E-state index contributed by atoms with van der Waals surface area (Å²) in [5.74, 6) is -0.0251. The van der Waals surface area contributed by atoms with Crippen LogP contribution in [0.25, 0.3) is 0 Å². The number of aliphatic hydroxyl groups excluding tert-OH is 1. The van der Waals surface area contributed by atoms with Crippen LogP contribution in [0.15, 0.2) is 96.2 Å². The van der Waals surface area contributed by atoms with Gasteiger partial charge in [0.25, 0.3) is 5.91 Å². The molecule has 5 nitrogen and oxygen atoms in total. The standard InChI is InChI=1S/C30H37N3O2/c1-30(2,3)24-16-17-25-23(18-24)19-26(33(25)5)28(34)31-27(22-14-10-7-11-15-22)29(35)32(4)20-21-12-8-6-9-13-21/h6-19,23,25,27,29,35H,20H2,1-5H3,(H,31,34). The number of rotatable bonds is 7. The molecule has 4 unspecified atom stereocenters. The van der Waals surface area contributed by atoms with E-state index in [1.54, 1.807) is 0 Å². The molecule has 0 saturated heterocycles. The zero-order chi connectivity index (χ0) is 25.2. The second-order valence-corrected chi connectivity index (χ2v) is 10.6. The van der Waals surface area contributed by atoms with E-state index in [-0.39, 0.29) is 23.3 Å². The van der Waals surface area contributed by atoms with E-state index in [1.807, 2.05) is 84.6 Å². The SMILES string of the molecule is CN(Cc1ccccc1)C(O)C(NC(=O)C1=CC2C=C(C(C)(C)C)C=CC2N1C)c1ccccc1. The molecule has 1 aliphatic heterocycles. The van der Waals surface area contributed by atoms with Crippen LogP contribution >= 0.6 is 0 Å². The van der Waals surface area contributed by atoms with Crippen molar-refractivity contribution >= 4 is 5.91 Å². The van der Waals surface area contributed by atoms with Gasteiger partial charge in [-0.3, -0.25) is 9.69 Å². The summed E-state index contributed by atoms with van der Waals surface area (Å²) >= 11 is 0. The largest absolute Gasteiger partial charge is 0.376 e. The molecule has 0 spiro atoms. The molecular weight excluding hydrogens is 434 g/mol. The van der Waals surface area contributed by atoms with Crippen LogP contribution in [0, 0.1) is 11.3 Å². The lowest BCUT2D eigenvalue weighted by atomic mass is 9.80. The van der Waals surface area contributed by atoms with Crippen LogP contribution in [0.1, 0.15) is 37.9 Å². The summed E-state index contributed by atoms with van der Waals surface area (Å²) in [6.07, 6.45) is 7.81. The van der Waals surface area contributed by atoms with Crippen molar-refractivity contribution < 1.29 is 9.90 Å². The fourth-order valence-corrected chi connectivity index (χ4v) is 4.85. The third-order valence-corrected chi connectivity index (χ3v) is 6.99. The Balaban J connectivity index is 1.55. The van der Waals surface area contributed by atoms with Crippen molar-refractivity contribution in [1.29, 1.82) is 0 Å². The number of allylic oxidation sites excluding steroid dienone is 2. The van der Waals surface area contributed by atoms with Crippen molar-refractivity contribution in [2.75, 3.05) is 14.1 Å². The van der Waals surface area contributed by atoms with E-state index in [0.717, 1.165) is 11.1 Å². The topological polar surface area (TPSA) is 55.8 Å². The number of fused-ring (bicyclic) bond motifs is 1. The first-order valence-corrected chi connectivity index (χ1v) is 12.3. The predicted molar refractivity (Wildman–Crippen MR) is 141 cm³/mol. The Kier molecular flexibility index (Phi) is 7.29. The minimum Gasteiger partial charge on any atom is -0.376 e. The van der Waals surface area contributed by atoms with Gasteiger partial charge in [0.2, 0.25) is 0 Å². The number of nitrogens with one attached hydrogen (secondary N) is 1. The molecular formula is C30H37N3O2. The first-order valence-electron chi connectivity index (χ1n) is 12.3. The molecule has 1 aliphatic carbocycles. The zero-order valence-corrected chi connectivity index (χ0v) is 21.3. The molecule has 2 N–H and O–H groups in total.